The van der Waals surface area contributed by atoms with Crippen molar-refractivity contribution < 1.29 is 4.84 Å². The number of amidine groups is 1. The third-order valence-corrected chi connectivity index (χ3v) is 6.01. The van der Waals surface area contributed by atoms with E-state index in [1.54, 1.807) is 0 Å². The number of nitrogens with one attached hydrogen (secondary N) is 1. The summed E-state index contributed by atoms with van der Waals surface area (Å²) in [6, 6.07) is 6.18. The number of nitrogens with zero attached hydrogens (tertiary/aromatic N) is 4. The molecule has 1 spiro atoms. The summed E-state index contributed by atoms with van der Waals surface area (Å²) in [7, 11) is 2.04. The number of hydroxylamine groups is 1. The zero-order chi connectivity index (χ0) is 16.3. The quantitative estimate of drug-likeness (QED) is 0.848. The van der Waals surface area contributed by atoms with Crippen molar-refractivity contribution in [2.24, 2.45) is 18.0 Å². The summed E-state index contributed by atoms with van der Waals surface area (Å²) in [5.74, 6) is 2.62. The van der Waals surface area contributed by atoms with Crippen LogP contribution in [0.2, 0.25) is 0 Å². The predicted octanol–water partition coefficient (Wildman–Crippen LogP) is 2.72. The maximum absolute atomic E-state index is 6.08. The first kappa shape index (κ1) is 16.8. The van der Waals surface area contributed by atoms with E-state index >= 15 is 0 Å². The Balaban J connectivity index is 0.00000157. The molecular formula is C18H24ClN5O. The van der Waals surface area contributed by atoms with Gasteiger partial charge in [0.1, 0.15) is 17.3 Å². The number of benzene rings is 1. The molecule has 1 aromatic carbocycles. The Bertz CT molecular complexity index is 839. The number of halogens is 1. The minimum atomic E-state index is -0.0669. The fraction of sp³-hybridized carbons (Fsp3) is 0.556. The Morgan fingerprint density at radius 1 is 1.32 bits per heavy atom. The molecule has 25 heavy (non-hydrogen) atoms. The molecule has 2 bridgehead atoms. The third kappa shape index (κ3) is 2.63. The van der Waals surface area contributed by atoms with Crippen LogP contribution in [0.5, 0.6) is 0 Å². The van der Waals surface area contributed by atoms with E-state index in [4.69, 9.17) is 9.83 Å². The molecule has 4 aliphatic rings. The van der Waals surface area contributed by atoms with Gasteiger partial charge in [0.15, 0.2) is 0 Å². The van der Waals surface area contributed by atoms with E-state index in [1.807, 2.05) is 26.1 Å². The average molecular weight is 362 g/mol. The molecule has 0 radical (unpaired) electrons. The Kier molecular flexibility index (Phi) is 4.02. The largest absolute Gasteiger partial charge is 0.331 e. The van der Waals surface area contributed by atoms with Gasteiger partial charge < -0.3 is 9.47 Å². The van der Waals surface area contributed by atoms with E-state index in [1.165, 1.54) is 25.9 Å². The monoisotopic (exact) mass is 361 g/mol. The van der Waals surface area contributed by atoms with Crippen LogP contribution < -0.4 is 5.48 Å². The Hall–Kier alpha value is -1.63. The lowest BCUT2D eigenvalue weighted by molar-refractivity contribution is -0.150. The summed E-state index contributed by atoms with van der Waals surface area (Å²) < 4.78 is 2.10. The van der Waals surface area contributed by atoms with E-state index in [9.17, 15) is 0 Å². The zero-order valence-electron chi connectivity index (χ0n) is 14.7. The molecule has 1 aromatic heterocycles. The highest BCUT2D eigenvalue weighted by atomic mass is 35.5. The topological polar surface area (TPSA) is 54.7 Å². The normalized spacial score (nSPS) is 32.3. The van der Waals surface area contributed by atoms with E-state index in [0.29, 0.717) is 5.92 Å². The van der Waals surface area contributed by atoms with Gasteiger partial charge in [0.05, 0.1) is 16.7 Å². The molecule has 4 fully saturated rings. The molecule has 4 saturated heterocycles. The van der Waals surface area contributed by atoms with Gasteiger partial charge in [-0.3, -0.25) is 10.3 Å². The molecule has 7 heteroatoms. The van der Waals surface area contributed by atoms with Gasteiger partial charge in [-0.1, -0.05) is 0 Å². The average Bonchev–Trinajstić information content (AvgIpc) is 3.11. The van der Waals surface area contributed by atoms with Crippen molar-refractivity contribution in [3.05, 3.63) is 24.0 Å². The number of hydrogen-bond donors (Lipinski definition) is 1. The van der Waals surface area contributed by atoms with Gasteiger partial charge in [-0.05, 0) is 57.0 Å². The number of hydrogen-bond acceptors (Lipinski definition) is 4. The number of rotatable bonds is 1. The predicted molar refractivity (Wildman–Crippen MR) is 101 cm³/mol. The molecule has 1 N–H and O–H groups in total. The second-order valence-electron chi connectivity index (χ2n) is 7.45. The highest BCUT2D eigenvalue weighted by Gasteiger charge is 2.52. The smallest absolute Gasteiger partial charge is 0.129 e. The van der Waals surface area contributed by atoms with Gasteiger partial charge in [-0.25, -0.2) is 9.98 Å². The summed E-state index contributed by atoms with van der Waals surface area (Å²) in [4.78, 5) is 18.0. The van der Waals surface area contributed by atoms with Gasteiger partial charge >= 0.3 is 0 Å². The molecule has 4 aliphatic heterocycles. The fourth-order valence-electron chi connectivity index (χ4n) is 4.54. The van der Waals surface area contributed by atoms with Crippen molar-refractivity contribution >= 4 is 35.0 Å². The molecule has 134 valence electrons. The number of imidazole rings is 1. The number of piperidine rings is 3. The summed E-state index contributed by atoms with van der Waals surface area (Å²) in [6.45, 7) is 5.50. The Labute approximate surface area is 153 Å². The molecular weight excluding hydrogens is 338 g/mol. The summed E-state index contributed by atoms with van der Waals surface area (Å²) in [6.07, 6.45) is 3.38. The summed E-state index contributed by atoms with van der Waals surface area (Å²) in [5, 5.41) is 0. The van der Waals surface area contributed by atoms with Crippen LogP contribution in [0.1, 0.15) is 25.1 Å². The van der Waals surface area contributed by atoms with E-state index in [0.717, 1.165) is 41.3 Å². The lowest BCUT2D eigenvalue weighted by Crippen LogP contribution is -2.59. The van der Waals surface area contributed by atoms with Crippen LogP contribution in [0.15, 0.2) is 23.2 Å². The maximum Gasteiger partial charge on any atom is 0.129 e. The van der Waals surface area contributed by atoms with Crippen LogP contribution in [0, 0.1) is 12.8 Å². The van der Waals surface area contributed by atoms with Crippen molar-refractivity contribution in [1.82, 2.24) is 19.9 Å². The van der Waals surface area contributed by atoms with Crippen molar-refractivity contribution in [2.45, 2.75) is 31.8 Å². The van der Waals surface area contributed by atoms with Gasteiger partial charge in [-0.2, -0.15) is 0 Å². The molecule has 6 rings (SSSR count). The molecule has 2 aromatic rings. The molecule has 1 atom stereocenters. The van der Waals surface area contributed by atoms with E-state index in [-0.39, 0.29) is 18.0 Å². The minimum Gasteiger partial charge on any atom is -0.331 e. The molecule has 0 aliphatic carbocycles. The van der Waals surface area contributed by atoms with Crippen LogP contribution in [0.4, 0.5) is 5.69 Å². The minimum absolute atomic E-state index is 0. The van der Waals surface area contributed by atoms with Gasteiger partial charge in [-0.15, -0.1) is 12.4 Å². The van der Waals surface area contributed by atoms with E-state index < -0.39 is 0 Å². The van der Waals surface area contributed by atoms with Gasteiger partial charge in [0.2, 0.25) is 0 Å². The van der Waals surface area contributed by atoms with Crippen LogP contribution in [0.25, 0.3) is 11.0 Å². The number of aryl methyl sites for hydroxylation is 2. The number of aliphatic imine (C=N–C) groups is 1. The zero-order valence-corrected chi connectivity index (χ0v) is 15.5. The summed E-state index contributed by atoms with van der Waals surface area (Å²) in [5.41, 5.74) is 6.14. The molecule has 5 heterocycles. The molecule has 0 amide bonds. The highest BCUT2D eigenvalue weighted by molar-refractivity contribution is 5.88. The lowest BCUT2D eigenvalue weighted by atomic mass is 9.74. The Morgan fingerprint density at radius 2 is 2.12 bits per heavy atom. The number of aromatic nitrogens is 2. The van der Waals surface area contributed by atoms with Crippen molar-refractivity contribution in [3.63, 3.8) is 0 Å². The van der Waals surface area contributed by atoms with Gasteiger partial charge in [0.25, 0.3) is 0 Å². The first-order valence-corrected chi connectivity index (χ1v) is 8.80. The standard InChI is InChI=1S/C18H23N5O.ClH/c1-12-19-15-4-3-14(9-16(15)22(12)2)20-17-10-18(24-21-17)11-23-7-5-13(18)6-8-23;/h3-4,9,13H,5-8,10-11H2,1-2H3,(H,20,21);1H/t18-;/m0./s1. The molecule has 0 unspecified atom stereocenters. The first-order chi connectivity index (χ1) is 11.6. The molecule has 6 nitrogen and oxygen atoms in total. The second kappa shape index (κ2) is 5.97. The number of fused-ring (bicyclic) bond motifs is 3. The Morgan fingerprint density at radius 3 is 2.84 bits per heavy atom. The SMILES string of the molecule is Cc1nc2ccc(N=C3C[C@@]4(CN5CCC4CC5)ON3)cc2n1C.Cl. The second-order valence-corrected chi connectivity index (χ2v) is 7.45. The van der Waals surface area contributed by atoms with Crippen molar-refractivity contribution in [3.8, 4) is 0 Å². The highest BCUT2D eigenvalue weighted by Crippen LogP contribution is 2.42. The third-order valence-electron chi connectivity index (χ3n) is 6.01. The van der Waals surface area contributed by atoms with Crippen LogP contribution in [-0.4, -0.2) is 45.5 Å². The molecule has 0 saturated carbocycles. The van der Waals surface area contributed by atoms with Crippen LogP contribution in [-0.2, 0) is 11.9 Å². The van der Waals surface area contributed by atoms with Crippen LogP contribution in [0.3, 0.4) is 0 Å². The fourth-order valence-corrected chi connectivity index (χ4v) is 4.54. The van der Waals surface area contributed by atoms with Crippen LogP contribution >= 0.6 is 12.4 Å². The van der Waals surface area contributed by atoms with E-state index in [2.05, 4.69) is 26.0 Å². The lowest BCUT2D eigenvalue weighted by Gasteiger charge is -2.49. The van der Waals surface area contributed by atoms with Crippen molar-refractivity contribution in [2.75, 3.05) is 19.6 Å². The maximum atomic E-state index is 6.08. The summed E-state index contributed by atoms with van der Waals surface area (Å²) >= 11 is 0. The van der Waals surface area contributed by atoms with Gasteiger partial charge in [0, 0.05) is 20.0 Å². The first-order valence-electron chi connectivity index (χ1n) is 8.80. The van der Waals surface area contributed by atoms with Crippen molar-refractivity contribution in [1.29, 1.82) is 0 Å².